The van der Waals surface area contributed by atoms with E-state index in [0.29, 0.717) is 12.5 Å². The van der Waals surface area contributed by atoms with Crippen molar-refractivity contribution in [2.45, 2.75) is 25.8 Å². The van der Waals surface area contributed by atoms with Gasteiger partial charge in [-0.2, -0.15) is 0 Å². The molecule has 1 aromatic rings. The second kappa shape index (κ2) is 6.16. The van der Waals surface area contributed by atoms with Gasteiger partial charge in [0.15, 0.2) is 0 Å². The van der Waals surface area contributed by atoms with Crippen molar-refractivity contribution in [3.05, 3.63) is 35.1 Å². The highest BCUT2D eigenvalue weighted by Gasteiger charge is 2.31. The van der Waals surface area contributed by atoms with Gasteiger partial charge >= 0.3 is 0 Å². The summed E-state index contributed by atoms with van der Waals surface area (Å²) in [4.78, 5) is 11.9. The van der Waals surface area contributed by atoms with Crippen LogP contribution in [0.1, 0.15) is 28.8 Å². The van der Waals surface area contributed by atoms with Crippen LogP contribution in [0, 0.1) is 18.7 Å². The van der Waals surface area contributed by atoms with E-state index in [9.17, 15) is 9.18 Å². The van der Waals surface area contributed by atoms with Crippen molar-refractivity contribution in [1.82, 2.24) is 5.32 Å². The van der Waals surface area contributed by atoms with Crippen molar-refractivity contribution in [2.75, 3.05) is 6.54 Å². The monoisotopic (exact) mass is 272 g/mol. The van der Waals surface area contributed by atoms with Crippen LogP contribution in [0.2, 0.25) is 0 Å². The number of aryl methyl sites for hydroxylation is 1. The van der Waals surface area contributed by atoms with E-state index in [1.807, 2.05) is 6.92 Å². The highest BCUT2D eigenvalue weighted by molar-refractivity contribution is 5.94. The molecule has 3 nitrogen and oxygen atoms in total. The first-order chi connectivity index (χ1) is 8.11. The Bertz CT molecular complexity index is 435. The van der Waals surface area contributed by atoms with Gasteiger partial charge in [0, 0.05) is 12.6 Å². The van der Waals surface area contributed by atoms with Gasteiger partial charge < -0.3 is 11.1 Å². The summed E-state index contributed by atoms with van der Waals surface area (Å²) in [5.41, 5.74) is 6.57. The Morgan fingerprint density at radius 1 is 1.56 bits per heavy atom. The predicted molar refractivity (Wildman–Crippen MR) is 71.4 cm³/mol. The first kappa shape index (κ1) is 14.9. The minimum absolute atomic E-state index is 0. The van der Waals surface area contributed by atoms with Crippen LogP contribution in [0.4, 0.5) is 4.39 Å². The number of hydrogen-bond acceptors (Lipinski definition) is 2. The van der Waals surface area contributed by atoms with Gasteiger partial charge in [-0.15, -0.1) is 12.4 Å². The van der Waals surface area contributed by atoms with Crippen LogP contribution >= 0.6 is 12.4 Å². The van der Waals surface area contributed by atoms with Crippen molar-refractivity contribution in [2.24, 2.45) is 11.7 Å². The van der Waals surface area contributed by atoms with Gasteiger partial charge in [-0.25, -0.2) is 4.39 Å². The number of hydrogen-bond donors (Lipinski definition) is 2. The van der Waals surface area contributed by atoms with E-state index in [4.69, 9.17) is 5.73 Å². The zero-order chi connectivity index (χ0) is 12.4. The average molecular weight is 273 g/mol. The topological polar surface area (TPSA) is 55.1 Å². The van der Waals surface area contributed by atoms with E-state index < -0.39 is 5.82 Å². The first-order valence-electron chi connectivity index (χ1n) is 5.89. The molecule has 0 spiro atoms. The Morgan fingerprint density at radius 2 is 2.22 bits per heavy atom. The molecule has 1 aromatic carbocycles. The quantitative estimate of drug-likeness (QED) is 0.881. The van der Waals surface area contributed by atoms with Crippen molar-refractivity contribution in [3.8, 4) is 0 Å². The molecule has 2 rings (SSSR count). The minimum atomic E-state index is -0.486. The third kappa shape index (κ3) is 3.43. The van der Waals surface area contributed by atoms with E-state index in [2.05, 4.69) is 5.32 Å². The van der Waals surface area contributed by atoms with Crippen LogP contribution in [-0.2, 0) is 0 Å². The molecular weight excluding hydrogens is 255 g/mol. The van der Waals surface area contributed by atoms with Crippen molar-refractivity contribution >= 4 is 18.3 Å². The molecule has 1 amide bonds. The summed E-state index contributed by atoms with van der Waals surface area (Å²) in [6, 6.07) is 4.50. The van der Waals surface area contributed by atoms with Gasteiger partial charge in [0.05, 0.1) is 5.56 Å². The number of rotatable bonds is 4. The lowest BCUT2D eigenvalue weighted by atomic mass is 10.1. The maximum atomic E-state index is 13.5. The van der Waals surface area contributed by atoms with Crippen LogP contribution in [0.15, 0.2) is 18.2 Å². The smallest absolute Gasteiger partial charge is 0.254 e. The molecule has 0 bridgehead atoms. The number of nitrogens with one attached hydrogen (secondary N) is 1. The molecule has 0 aromatic heterocycles. The van der Waals surface area contributed by atoms with Crippen LogP contribution < -0.4 is 11.1 Å². The molecule has 100 valence electrons. The van der Waals surface area contributed by atoms with Gasteiger partial charge in [0.25, 0.3) is 5.91 Å². The van der Waals surface area contributed by atoms with Crippen LogP contribution in [-0.4, -0.2) is 18.5 Å². The predicted octanol–water partition coefficient (Wildman–Crippen LogP) is 2.02. The molecule has 0 saturated heterocycles. The minimum Gasteiger partial charge on any atom is -0.348 e. The van der Waals surface area contributed by atoms with Gasteiger partial charge in [0.1, 0.15) is 5.82 Å². The standard InChI is InChI=1S/C13H17FN2O.ClH/c1-8-2-5-11(14)10(6-8)13(17)16-12(7-15)9-3-4-9;/h2,5-6,9,12H,3-4,7,15H2,1H3,(H,16,17);1H. The molecule has 3 N–H and O–H groups in total. The van der Waals surface area contributed by atoms with Crippen molar-refractivity contribution in [1.29, 1.82) is 0 Å². The fourth-order valence-electron chi connectivity index (χ4n) is 1.93. The molecule has 0 aliphatic heterocycles. The summed E-state index contributed by atoms with van der Waals surface area (Å²) in [6.07, 6.45) is 2.19. The molecule has 5 heteroatoms. The van der Waals surface area contributed by atoms with E-state index in [-0.39, 0.29) is 29.9 Å². The summed E-state index contributed by atoms with van der Waals surface area (Å²) in [5, 5.41) is 2.81. The number of benzene rings is 1. The summed E-state index contributed by atoms with van der Waals surface area (Å²) >= 11 is 0. The van der Waals surface area contributed by atoms with Gasteiger partial charge in [-0.3, -0.25) is 4.79 Å². The zero-order valence-electron chi connectivity index (χ0n) is 10.3. The highest BCUT2D eigenvalue weighted by Crippen LogP contribution is 2.32. The summed E-state index contributed by atoms with van der Waals surface area (Å²) in [7, 11) is 0. The largest absolute Gasteiger partial charge is 0.348 e. The molecule has 0 radical (unpaired) electrons. The maximum absolute atomic E-state index is 13.5. The molecule has 0 heterocycles. The van der Waals surface area contributed by atoms with E-state index >= 15 is 0 Å². The summed E-state index contributed by atoms with van der Waals surface area (Å²) in [6.45, 7) is 2.24. The second-order valence-corrected chi connectivity index (χ2v) is 4.64. The van der Waals surface area contributed by atoms with E-state index in [1.54, 1.807) is 12.1 Å². The normalized spacial score (nSPS) is 15.7. The molecular formula is C13H18ClFN2O. The third-order valence-electron chi connectivity index (χ3n) is 3.13. The molecule has 1 aliphatic rings. The average Bonchev–Trinajstić information content (AvgIpc) is 3.13. The second-order valence-electron chi connectivity index (χ2n) is 4.64. The van der Waals surface area contributed by atoms with E-state index in [0.717, 1.165) is 18.4 Å². The van der Waals surface area contributed by atoms with Gasteiger partial charge in [-0.1, -0.05) is 11.6 Å². The summed E-state index contributed by atoms with van der Waals surface area (Å²) in [5.74, 6) is -0.384. The SMILES string of the molecule is Cc1ccc(F)c(C(=O)NC(CN)C2CC2)c1.Cl. The van der Waals surface area contributed by atoms with Gasteiger partial charge in [-0.05, 0) is 37.8 Å². The molecule has 1 aliphatic carbocycles. The van der Waals surface area contributed by atoms with Crippen LogP contribution in [0.3, 0.4) is 0 Å². The molecule has 1 fully saturated rings. The Labute approximate surface area is 112 Å². The number of carbonyl (C=O) groups excluding carboxylic acids is 1. The summed E-state index contributed by atoms with van der Waals surface area (Å²) < 4.78 is 13.5. The first-order valence-corrected chi connectivity index (χ1v) is 5.89. The molecule has 1 unspecified atom stereocenters. The fourth-order valence-corrected chi connectivity index (χ4v) is 1.93. The molecule has 1 atom stereocenters. The van der Waals surface area contributed by atoms with Crippen LogP contribution in [0.5, 0.6) is 0 Å². The van der Waals surface area contributed by atoms with Crippen molar-refractivity contribution < 1.29 is 9.18 Å². The fraction of sp³-hybridized carbons (Fsp3) is 0.462. The Balaban J connectivity index is 0.00000162. The Hall–Kier alpha value is -1.13. The molecule has 1 saturated carbocycles. The maximum Gasteiger partial charge on any atom is 0.254 e. The number of halogens is 2. The van der Waals surface area contributed by atoms with E-state index in [1.165, 1.54) is 6.07 Å². The lowest BCUT2D eigenvalue weighted by Gasteiger charge is -2.16. The highest BCUT2D eigenvalue weighted by atomic mass is 35.5. The lowest BCUT2D eigenvalue weighted by Crippen LogP contribution is -2.42. The lowest BCUT2D eigenvalue weighted by molar-refractivity contribution is 0.0929. The number of nitrogens with two attached hydrogens (primary N) is 1. The Kier molecular flexibility index (Phi) is 5.11. The third-order valence-corrected chi connectivity index (χ3v) is 3.13. The van der Waals surface area contributed by atoms with Crippen LogP contribution in [0.25, 0.3) is 0 Å². The van der Waals surface area contributed by atoms with Crippen molar-refractivity contribution in [3.63, 3.8) is 0 Å². The molecule has 18 heavy (non-hydrogen) atoms. The number of amides is 1. The Morgan fingerprint density at radius 3 is 2.78 bits per heavy atom. The zero-order valence-corrected chi connectivity index (χ0v) is 11.1. The van der Waals surface area contributed by atoms with Gasteiger partial charge in [0.2, 0.25) is 0 Å². The number of carbonyl (C=O) groups is 1.